The van der Waals surface area contributed by atoms with Crippen molar-refractivity contribution in [2.75, 3.05) is 5.73 Å². The molecule has 0 spiro atoms. The topological polar surface area (TPSA) is 94.0 Å². The Morgan fingerprint density at radius 2 is 2.47 bits per heavy atom. The minimum atomic E-state index is -0.750. The molecule has 1 aliphatic carbocycles. The van der Waals surface area contributed by atoms with Gasteiger partial charge in [0.05, 0.1) is 18.7 Å². The summed E-state index contributed by atoms with van der Waals surface area (Å²) in [7, 11) is 0. The van der Waals surface area contributed by atoms with E-state index in [0.717, 1.165) is 19.3 Å². The van der Waals surface area contributed by atoms with Crippen LogP contribution in [0.1, 0.15) is 31.7 Å². The van der Waals surface area contributed by atoms with Crippen LogP contribution in [0, 0.1) is 5.92 Å². The molecule has 3 N–H and O–H groups in total. The first-order chi connectivity index (χ1) is 7.16. The number of aromatic nitrogens is 3. The van der Waals surface area contributed by atoms with Crippen LogP contribution in [0.3, 0.4) is 0 Å². The fourth-order valence-corrected chi connectivity index (χ4v) is 2.28. The van der Waals surface area contributed by atoms with Gasteiger partial charge in [-0.3, -0.25) is 4.79 Å². The van der Waals surface area contributed by atoms with E-state index >= 15 is 0 Å². The summed E-state index contributed by atoms with van der Waals surface area (Å²) >= 11 is 0. The van der Waals surface area contributed by atoms with Gasteiger partial charge in [0.2, 0.25) is 0 Å². The highest BCUT2D eigenvalue weighted by molar-refractivity contribution is 5.67. The normalized spacial score (nSPS) is 25.6. The van der Waals surface area contributed by atoms with Crippen LogP contribution in [0.15, 0.2) is 6.20 Å². The zero-order valence-electron chi connectivity index (χ0n) is 8.33. The maximum Gasteiger partial charge on any atom is 0.303 e. The van der Waals surface area contributed by atoms with Gasteiger partial charge in [-0.1, -0.05) is 11.6 Å². The minimum absolute atomic E-state index is 0.144. The van der Waals surface area contributed by atoms with Crippen LogP contribution in [0.25, 0.3) is 0 Å². The van der Waals surface area contributed by atoms with Crippen molar-refractivity contribution in [2.24, 2.45) is 5.92 Å². The summed E-state index contributed by atoms with van der Waals surface area (Å²) in [5.41, 5.74) is 5.48. The summed E-state index contributed by atoms with van der Waals surface area (Å²) in [6.07, 6.45) is 4.81. The second-order valence-electron chi connectivity index (χ2n) is 3.98. The molecule has 82 valence electrons. The van der Waals surface area contributed by atoms with E-state index in [4.69, 9.17) is 10.8 Å². The Balaban J connectivity index is 2.10. The van der Waals surface area contributed by atoms with Crippen molar-refractivity contribution in [3.8, 4) is 0 Å². The summed E-state index contributed by atoms with van der Waals surface area (Å²) in [5, 5.41) is 16.4. The van der Waals surface area contributed by atoms with Crippen molar-refractivity contribution in [3.63, 3.8) is 0 Å². The minimum Gasteiger partial charge on any atom is -0.481 e. The third kappa shape index (κ3) is 2.08. The molecule has 6 nitrogen and oxygen atoms in total. The predicted molar refractivity (Wildman–Crippen MR) is 53.1 cm³/mol. The lowest BCUT2D eigenvalue weighted by molar-refractivity contribution is -0.138. The predicted octanol–water partition coefficient (Wildman–Crippen LogP) is 0.676. The second-order valence-corrected chi connectivity index (χ2v) is 3.98. The second kappa shape index (κ2) is 3.88. The van der Waals surface area contributed by atoms with Crippen molar-refractivity contribution < 1.29 is 9.90 Å². The fourth-order valence-electron chi connectivity index (χ4n) is 2.28. The SMILES string of the molecule is Nc1cn(C2CCCC2CC(=O)O)nn1. The van der Waals surface area contributed by atoms with E-state index in [0.29, 0.717) is 5.82 Å². The Labute approximate surface area is 87.1 Å². The molecule has 1 fully saturated rings. The van der Waals surface area contributed by atoms with E-state index in [-0.39, 0.29) is 18.4 Å². The molecule has 0 aliphatic heterocycles. The van der Waals surface area contributed by atoms with Crippen LogP contribution in [0.2, 0.25) is 0 Å². The number of nitrogens with zero attached hydrogens (tertiary/aromatic N) is 3. The van der Waals surface area contributed by atoms with E-state index in [1.54, 1.807) is 10.9 Å². The Kier molecular flexibility index (Phi) is 2.57. The average Bonchev–Trinajstić information content (AvgIpc) is 2.72. The van der Waals surface area contributed by atoms with E-state index < -0.39 is 5.97 Å². The highest BCUT2D eigenvalue weighted by Gasteiger charge is 2.31. The molecular weight excluding hydrogens is 196 g/mol. The molecule has 1 aliphatic rings. The first kappa shape index (κ1) is 9.95. The third-order valence-electron chi connectivity index (χ3n) is 2.92. The Bertz CT molecular complexity index is 363. The first-order valence-corrected chi connectivity index (χ1v) is 5.06. The molecule has 15 heavy (non-hydrogen) atoms. The van der Waals surface area contributed by atoms with Crippen LogP contribution in [0.5, 0.6) is 0 Å². The lowest BCUT2D eigenvalue weighted by Crippen LogP contribution is -2.17. The van der Waals surface area contributed by atoms with Gasteiger partial charge in [-0.15, -0.1) is 5.10 Å². The number of carboxylic acids is 1. The summed E-state index contributed by atoms with van der Waals surface area (Å²) in [5.74, 6) is -0.209. The number of hydrogen-bond donors (Lipinski definition) is 2. The lowest BCUT2D eigenvalue weighted by atomic mass is 10.00. The molecule has 0 bridgehead atoms. The number of hydrogen-bond acceptors (Lipinski definition) is 4. The number of carbonyl (C=O) groups is 1. The van der Waals surface area contributed by atoms with Gasteiger partial charge >= 0.3 is 5.97 Å². The van der Waals surface area contributed by atoms with Crippen LogP contribution >= 0.6 is 0 Å². The summed E-state index contributed by atoms with van der Waals surface area (Å²) in [6.45, 7) is 0. The number of nitrogen functional groups attached to an aromatic ring is 1. The zero-order valence-corrected chi connectivity index (χ0v) is 8.33. The van der Waals surface area contributed by atoms with Crippen molar-refractivity contribution in [1.82, 2.24) is 15.0 Å². The molecule has 0 radical (unpaired) electrons. The number of aliphatic carboxylic acids is 1. The number of carboxylic acid groups (broad SMARTS) is 1. The van der Waals surface area contributed by atoms with Crippen molar-refractivity contribution in [2.45, 2.75) is 31.7 Å². The molecule has 1 heterocycles. The van der Waals surface area contributed by atoms with Gasteiger partial charge < -0.3 is 10.8 Å². The first-order valence-electron chi connectivity index (χ1n) is 5.06. The van der Waals surface area contributed by atoms with Crippen LogP contribution < -0.4 is 5.73 Å². The number of anilines is 1. The monoisotopic (exact) mass is 210 g/mol. The fraction of sp³-hybridized carbons (Fsp3) is 0.667. The maximum absolute atomic E-state index is 10.7. The van der Waals surface area contributed by atoms with Crippen molar-refractivity contribution >= 4 is 11.8 Å². The van der Waals surface area contributed by atoms with Gasteiger partial charge in [0.25, 0.3) is 0 Å². The summed E-state index contributed by atoms with van der Waals surface area (Å²) < 4.78 is 1.70. The van der Waals surface area contributed by atoms with Crippen LogP contribution in [-0.2, 0) is 4.79 Å². The lowest BCUT2D eigenvalue weighted by Gasteiger charge is -2.17. The zero-order chi connectivity index (χ0) is 10.8. The third-order valence-corrected chi connectivity index (χ3v) is 2.92. The Morgan fingerprint density at radius 3 is 3.07 bits per heavy atom. The largest absolute Gasteiger partial charge is 0.481 e. The molecule has 2 rings (SSSR count). The van der Waals surface area contributed by atoms with Crippen molar-refractivity contribution in [3.05, 3.63) is 6.20 Å². The smallest absolute Gasteiger partial charge is 0.303 e. The highest BCUT2D eigenvalue weighted by Crippen LogP contribution is 2.37. The molecule has 1 aromatic rings. The van der Waals surface area contributed by atoms with Gasteiger partial charge in [0.1, 0.15) is 0 Å². The molecule has 2 atom stereocenters. The Hall–Kier alpha value is -1.59. The van der Waals surface area contributed by atoms with E-state index in [1.165, 1.54) is 0 Å². The molecule has 2 unspecified atom stereocenters. The van der Waals surface area contributed by atoms with Crippen LogP contribution in [-0.4, -0.2) is 26.1 Å². The summed E-state index contributed by atoms with van der Waals surface area (Å²) in [4.78, 5) is 10.7. The van der Waals surface area contributed by atoms with Crippen molar-refractivity contribution in [1.29, 1.82) is 0 Å². The van der Waals surface area contributed by atoms with E-state index in [2.05, 4.69) is 10.3 Å². The van der Waals surface area contributed by atoms with E-state index in [9.17, 15) is 4.79 Å². The molecule has 1 aromatic heterocycles. The standard InChI is InChI=1S/C9H14N4O2/c10-8-5-13(12-11-8)7-3-1-2-6(7)4-9(14)15/h5-7H,1-4,10H2,(H,14,15). The average molecular weight is 210 g/mol. The molecule has 0 saturated heterocycles. The molecule has 6 heteroatoms. The maximum atomic E-state index is 10.7. The molecular formula is C9H14N4O2. The summed E-state index contributed by atoms with van der Waals surface area (Å²) in [6, 6.07) is 0.144. The van der Waals surface area contributed by atoms with Gasteiger partial charge in [-0.2, -0.15) is 0 Å². The quantitative estimate of drug-likeness (QED) is 0.764. The van der Waals surface area contributed by atoms with Crippen LogP contribution in [0.4, 0.5) is 5.82 Å². The van der Waals surface area contributed by atoms with Gasteiger partial charge in [0, 0.05) is 0 Å². The molecule has 0 aromatic carbocycles. The van der Waals surface area contributed by atoms with Gasteiger partial charge in [0.15, 0.2) is 5.82 Å². The molecule has 0 amide bonds. The molecule has 1 saturated carbocycles. The van der Waals surface area contributed by atoms with E-state index in [1.807, 2.05) is 0 Å². The van der Waals surface area contributed by atoms with Gasteiger partial charge in [-0.05, 0) is 18.8 Å². The number of rotatable bonds is 3. The number of nitrogens with two attached hydrogens (primary N) is 1. The van der Waals surface area contributed by atoms with Gasteiger partial charge in [-0.25, -0.2) is 4.68 Å². The highest BCUT2D eigenvalue weighted by atomic mass is 16.4. The Morgan fingerprint density at radius 1 is 1.67 bits per heavy atom.